The second-order valence-electron chi connectivity index (χ2n) is 6.90. The topological polar surface area (TPSA) is 127 Å². The summed E-state index contributed by atoms with van der Waals surface area (Å²) in [5.41, 5.74) is 0.844. The van der Waals surface area contributed by atoms with Gasteiger partial charge in [-0.1, -0.05) is 30.3 Å². The van der Waals surface area contributed by atoms with Crippen molar-refractivity contribution >= 4 is 25.5 Å². The lowest BCUT2D eigenvalue weighted by molar-refractivity contribution is -0.141. The molecule has 8 nitrogen and oxygen atoms in total. The number of aliphatic carboxylic acids is 1. The van der Waals surface area contributed by atoms with Gasteiger partial charge in [0.05, 0.1) is 5.92 Å². The van der Waals surface area contributed by atoms with Gasteiger partial charge < -0.3 is 10.4 Å². The lowest BCUT2D eigenvalue weighted by Gasteiger charge is -2.26. The van der Waals surface area contributed by atoms with Gasteiger partial charge in [-0.15, -0.1) is 0 Å². The van der Waals surface area contributed by atoms with Crippen molar-refractivity contribution in [3.05, 3.63) is 47.4 Å². The Hall–Kier alpha value is -2.28. The van der Waals surface area contributed by atoms with Crippen molar-refractivity contribution in [3.63, 3.8) is 0 Å². The van der Waals surface area contributed by atoms with Crippen LogP contribution in [0.15, 0.2) is 41.8 Å². The smallest absolute Gasteiger partial charge is 0.317 e. The molecule has 0 aromatic heterocycles. The first kappa shape index (κ1) is 22.0. The zero-order valence-electron chi connectivity index (χ0n) is 15.9. The third-order valence-electron chi connectivity index (χ3n) is 4.53. The minimum absolute atomic E-state index is 0.0639. The van der Waals surface area contributed by atoms with Crippen molar-refractivity contribution in [2.24, 2.45) is 5.92 Å². The highest BCUT2D eigenvalue weighted by Crippen LogP contribution is 2.61. The number of rotatable bonds is 8. The molecule has 1 aliphatic heterocycles. The number of nitrogens with one attached hydrogen (secondary N) is 1. The molecule has 0 spiro atoms. The van der Waals surface area contributed by atoms with Gasteiger partial charge in [0, 0.05) is 13.5 Å². The summed E-state index contributed by atoms with van der Waals surface area (Å²) < 4.78 is 0. The van der Waals surface area contributed by atoms with E-state index >= 15 is 0 Å². The molecule has 2 rings (SSSR count). The van der Waals surface area contributed by atoms with E-state index in [0.717, 1.165) is 5.56 Å². The Morgan fingerprint density at radius 1 is 1.21 bits per heavy atom. The Balaban J connectivity index is 2.15. The Labute approximate surface area is 164 Å². The van der Waals surface area contributed by atoms with E-state index in [0.29, 0.717) is 6.42 Å². The van der Waals surface area contributed by atoms with Crippen LogP contribution in [0.2, 0.25) is 0 Å². The van der Waals surface area contributed by atoms with Gasteiger partial charge in [-0.2, -0.15) is 0 Å². The van der Waals surface area contributed by atoms with Gasteiger partial charge >= 0.3 is 13.7 Å². The van der Waals surface area contributed by atoms with E-state index in [2.05, 4.69) is 5.32 Å². The molecular formula is C19H26N2O6P+. The maximum atomic E-state index is 12.6. The quantitative estimate of drug-likeness (QED) is 0.480. The Kier molecular flexibility index (Phi) is 7.29. The highest BCUT2D eigenvalue weighted by Gasteiger charge is 2.49. The van der Waals surface area contributed by atoms with E-state index in [1.165, 1.54) is 18.7 Å². The first-order valence-corrected chi connectivity index (χ1v) is 10.9. The molecule has 2 amide bonds. The molecule has 0 saturated heterocycles. The van der Waals surface area contributed by atoms with Crippen LogP contribution >= 0.6 is 7.72 Å². The molecule has 2 unspecified atom stereocenters. The molecule has 4 N–H and O–H groups in total. The van der Waals surface area contributed by atoms with Crippen LogP contribution < -0.4 is 5.32 Å². The number of carboxylic acid groups (broad SMARTS) is 1. The van der Waals surface area contributed by atoms with Gasteiger partial charge in [0.15, 0.2) is 0 Å². The minimum atomic E-state index is -3.85. The molecule has 0 saturated carbocycles. The van der Waals surface area contributed by atoms with Crippen molar-refractivity contribution in [1.82, 2.24) is 10.2 Å². The van der Waals surface area contributed by atoms with Crippen molar-refractivity contribution < 1.29 is 29.3 Å². The average Bonchev–Trinajstić information content (AvgIpc) is 3.11. The molecule has 0 bridgehead atoms. The summed E-state index contributed by atoms with van der Waals surface area (Å²) in [4.78, 5) is 58.2. The lowest BCUT2D eigenvalue weighted by Crippen LogP contribution is -2.45. The van der Waals surface area contributed by atoms with E-state index in [1.54, 1.807) is 30.3 Å². The maximum absolute atomic E-state index is 12.6. The average molecular weight is 409 g/mol. The molecule has 1 aliphatic rings. The summed E-state index contributed by atoms with van der Waals surface area (Å²) in [5, 5.41) is 12.0. The lowest BCUT2D eigenvalue weighted by atomic mass is 10.0. The van der Waals surface area contributed by atoms with Gasteiger partial charge in [0.2, 0.25) is 11.3 Å². The first-order valence-electron chi connectivity index (χ1n) is 9.01. The van der Waals surface area contributed by atoms with Gasteiger partial charge in [0.25, 0.3) is 5.91 Å². The number of carbonyl (C=O) groups is 3. The Morgan fingerprint density at radius 3 is 2.43 bits per heavy atom. The zero-order valence-corrected chi connectivity index (χ0v) is 16.8. The third-order valence-corrected chi connectivity index (χ3v) is 6.64. The fourth-order valence-corrected chi connectivity index (χ4v) is 5.33. The number of carbonyl (C=O) groups excluding carboxylic acids is 2. The summed E-state index contributed by atoms with van der Waals surface area (Å²) in [7, 11) is -3.85. The Bertz CT molecular complexity index is 765. The summed E-state index contributed by atoms with van der Waals surface area (Å²) in [5.74, 6) is -2.95. The molecule has 0 fully saturated rings. The van der Waals surface area contributed by atoms with Crippen LogP contribution in [0.5, 0.6) is 0 Å². The Morgan fingerprint density at radius 2 is 1.86 bits per heavy atom. The molecular weight excluding hydrogens is 383 g/mol. The predicted molar refractivity (Wildman–Crippen MR) is 105 cm³/mol. The van der Waals surface area contributed by atoms with Crippen LogP contribution in [0.1, 0.15) is 25.8 Å². The molecule has 0 aliphatic carbocycles. The molecule has 1 heterocycles. The van der Waals surface area contributed by atoms with Crippen LogP contribution in [0, 0.1) is 5.92 Å². The van der Waals surface area contributed by atoms with Crippen LogP contribution in [0.3, 0.4) is 0 Å². The van der Waals surface area contributed by atoms with Gasteiger partial charge in [-0.05, 0) is 31.4 Å². The molecule has 1 aromatic carbocycles. The second-order valence-corrected chi connectivity index (χ2v) is 9.19. The number of hydrogen-bond acceptors (Lipinski definition) is 5. The third kappa shape index (κ3) is 5.61. The summed E-state index contributed by atoms with van der Waals surface area (Å²) in [6.07, 6.45) is 1.80. The summed E-state index contributed by atoms with van der Waals surface area (Å²) in [6, 6.07) is 8.14. The number of nitrogens with zero attached hydrogens (tertiary/aromatic N) is 1. The van der Waals surface area contributed by atoms with Crippen molar-refractivity contribution in [2.45, 2.75) is 32.7 Å². The highest BCUT2D eigenvalue weighted by molar-refractivity contribution is 7.68. The van der Waals surface area contributed by atoms with E-state index in [-0.39, 0.29) is 30.5 Å². The maximum Gasteiger partial charge on any atom is 0.317 e. The normalized spacial score (nSPS) is 16.3. The van der Waals surface area contributed by atoms with Gasteiger partial charge in [0.1, 0.15) is 12.2 Å². The van der Waals surface area contributed by atoms with Crippen LogP contribution in [0.25, 0.3) is 0 Å². The zero-order chi connectivity index (χ0) is 20.9. The fraction of sp³-hybridized carbons (Fsp3) is 0.421. The molecule has 0 radical (unpaired) electrons. The molecule has 152 valence electrons. The molecule has 9 heteroatoms. The van der Waals surface area contributed by atoms with E-state index in [1.807, 2.05) is 6.07 Å². The standard InChI is InChI=1S/C19H25N2O6P/c1-13(20-14(2)22)18(23)21-10-6-9-17(21)28(26,27)12-16(19(24)25)11-15-7-4-3-5-8-15/h3-5,7-9,13,16,26-27H,6,10-12H2,1-2H3,(H-,20,22,24,25)/p+1. The number of amides is 2. The van der Waals surface area contributed by atoms with Gasteiger partial charge in [-0.25, -0.2) is 9.79 Å². The SMILES string of the molecule is CC(=O)NC(C)C(=O)N1CCC=C1[P+](O)(O)CC(Cc1ccccc1)C(=O)O. The number of carboxylic acids is 1. The van der Waals surface area contributed by atoms with Crippen molar-refractivity contribution in [3.8, 4) is 0 Å². The van der Waals surface area contributed by atoms with Crippen LogP contribution in [-0.4, -0.2) is 56.3 Å². The largest absolute Gasteiger partial charge is 0.481 e. The van der Waals surface area contributed by atoms with E-state index in [9.17, 15) is 29.3 Å². The van der Waals surface area contributed by atoms with E-state index < -0.39 is 31.6 Å². The van der Waals surface area contributed by atoms with Crippen molar-refractivity contribution in [1.29, 1.82) is 0 Å². The molecule has 28 heavy (non-hydrogen) atoms. The van der Waals surface area contributed by atoms with Crippen LogP contribution in [0.4, 0.5) is 0 Å². The molecule has 1 aromatic rings. The fourth-order valence-electron chi connectivity index (χ4n) is 3.24. The molecule has 2 atom stereocenters. The number of benzene rings is 1. The van der Waals surface area contributed by atoms with Crippen LogP contribution in [-0.2, 0) is 20.8 Å². The summed E-state index contributed by atoms with van der Waals surface area (Å²) >= 11 is 0. The van der Waals surface area contributed by atoms with Crippen molar-refractivity contribution in [2.75, 3.05) is 12.7 Å². The minimum Gasteiger partial charge on any atom is -0.481 e. The number of hydrogen-bond donors (Lipinski definition) is 4. The second kappa shape index (κ2) is 9.28. The first-order chi connectivity index (χ1) is 13.1. The monoisotopic (exact) mass is 409 g/mol. The summed E-state index contributed by atoms with van der Waals surface area (Å²) in [6.45, 7) is 3.07. The van der Waals surface area contributed by atoms with E-state index in [4.69, 9.17) is 0 Å². The highest BCUT2D eigenvalue weighted by atomic mass is 31.2. The predicted octanol–water partition coefficient (Wildman–Crippen LogP) is 1.36. The van der Waals surface area contributed by atoms with Gasteiger partial charge in [-0.3, -0.25) is 19.3 Å².